The fraction of sp³-hybridized carbons (Fsp3) is 0. The molecule has 0 unspecified atom stereocenters. The molecule has 0 aliphatic carbocycles. The molecule has 0 spiro atoms. The first-order valence-electron chi connectivity index (χ1n) is 9.49. The van der Waals surface area contributed by atoms with E-state index in [-0.39, 0.29) is 62.9 Å². The van der Waals surface area contributed by atoms with Crippen molar-refractivity contribution in [1.82, 2.24) is 0 Å². The van der Waals surface area contributed by atoms with Gasteiger partial charge in [0.15, 0.2) is 0 Å². The summed E-state index contributed by atoms with van der Waals surface area (Å²) in [5, 5.41) is 0.139. The van der Waals surface area contributed by atoms with Crippen LogP contribution in [0.15, 0.2) is 64.9 Å². The number of fused-ring (bicyclic) bond motifs is 5. The fourth-order valence-corrected chi connectivity index (χ4v) is 1.88. The van der Waals surface area contributed by atoms with E-state index < -0.39 is 24.2 Å². The molecule has 0 fully saturated rings. The van der Waals surface area contributed by atoms with Crippen molar-refractivity contribution in [3.05, 3.63) is 60.4 Å². The average molecular weight is 227 g/mol. The molecule has 0 saturated carbocycles. The van der Waals surface area contributed by atoms with Crippen molar-refractivity contribution in [2.75, 3.05) is 0 Å². The molecule has 0 saturated heterocycles. The molecule has 0 amide bonds. The van der Waals surface area contributed by atoms with Crippen LogP contribution < -0.4 is 0 Å². The van der Waals surface area contributed by atoms with Crippen molar-refractivity contribution < 1.29 is 16.8 Å². The lowest BCUT2D eigenvalue weighted by Crippen LogP contribution is -1.72. The van der Waals surface area contributed by atoms with Crippen LogP contribution in [0, 0.1) is 0 Å². The monoisotopic (exact) mass is 227 g/mol. The van der Waals surface area contributed by atoms with Crippen LogP contribution in [0.5, 0.6) is 0 Å². The SMILES string of the molecule is [2H]c1cc2c(oc3c4c([2H])c([2H])c([2H])c([2H])c4c([2H])c([2H])c23)c([2H])c1[2H]. The van der Waals surface area contributed by atoms with Crippen molar-refractivity contribution in [3.63, 3.8) is 0 Å². The van der Waals surface area contributed by atoms with Gasteiger partial charge in [0, 0.05) is 16.2 Å². The van der Waals surface area contributed by atoms with Crippen LogP contribution in [0.4, 0.5) is 0 Å². The van der Waals surface area contributed by atoms with Crippen molar-refractivity contribution in [1.29, 1.82) is 0 Å². The van der Waals surface area contributed by atoms with Crippen molar-refractivity contribution in [3.8, 4) is 0 Å². The van der Waals surface area contributed by atoms with E-state index in [1.54, 1.807) is 0 Å². The first kappa shape index (κ1) is 3.88. The fourth-order valence-electron chi connectivity index (χ4n) is 1.88. The molecule has 0 atom stereocenters. The third-order valence-corrected chi connectivity index (χ3v) is 2.64. The molecule has 0 aliphatic heterocycles. The van der Waals surface area contributed by atoms with Crippen LogP contribution in [-0.2, 0) is 0 Å². The lowest BCUT2D eigenvalue weighted by Gasteiger charge is -1.97. The molecule has 1 nitrogen and oxygen atoms in total. The summed E-state index contributed by atoms with van der Waals surface area (Å²) >= 11 is 0. The van der Waals surface area contributed by atoms with Gasteiger partial charge in [-0.05, 0) is 17.5 Å². The summed E-state index contributed by atoms with van der Waals surface area (Å²) in [5.41, 5.74) is -0.0877. The van der Waals surface area contributed by atoms with Gasteiger partial charge in [-0.2, -0.15) is 0 Å². The zero-order valence-corrected chi connectivity index (χ0v) is 8.49. The van der Waals surface area contributed by atoms with E-state index in [0.29, 0.717) is 0 Å². The van der Waals surface area contributed by atoms with Gasteiger partial charge in [-0.25, -0.2) is 0 Å². The summed E-state index contributed by atoms with van der Waals surface area (Å²) in [7, 11) is 0. The Morgan fingerprint density at radius 1 is 0.765 bits per heavy atom. The zero-order chi connectivity index (χ0) is 19.1. The minimum Gasteiger partial charge on any atom is -0.455 e. The highest BCUT2D eigenvalue weighted by Crippen LogP contribution is 2.33. The zero-order valence-electron chi connectivity index (χ0n) is 17.5. The molecule has 1 heterocycles. The van der Waals surface area contributed by atoms with Crippen LogP contribution in [-0.4, -0.2) is 0 Å². The predicted octanol–water partition coefficient (Wildman–Crippen LogP) is 4.74. The molecule has 0 bridgehead atoms. The Kier molecular flexibility index (Phi) is 0.710. The standard InChI is InChI=1S/C16H10O/c1-2-6-12-11(5-1)9-10-14-13-7-3-4-8-15(13)17-16(12)14/h1-10H/i1D,2D,3D,4D,5D,6D,8D,9D,10D. The van der Waals surface area contributed by atoms with Crippen LogP contribution in [0.3, 0.4) is 0 Å². The summed E-state index contributed by atoms with van der Waals surface area (Å²) in [6.07, 6.45) is 0. The van der Waals surface area contributed by atoms with Gasteiger partial charge in [-0.15, -0.1) is 0 Å². The quantitative estimate of drug-likeness (QED) is 0.423. The number of para-hydroxylation sites is 1. The summed E-state index contributed by atoms with van der Waals surface area (Å²) in [4.78, 5) is 0. The maximum absolute atomic E-state index is 8.29. The molecule has 0 aliphatic rings. The molecule has 0 N–H and O–H groups in total. The van der Waals surface area contributed by atoms with Gasteiger partial charge >= 0.3 is 0 Å². The third-order valence-electron chi connectivity index (χ3n) is 2.64. The van der Waals surface area contributed by atoms with Gasteiger partial charge < -0.3 is 4.42 Å². The van der Waals surface area contributed by atoms with E-state index in [1.807, 2.05) is 0 Å². The van der Waals surface area contributed by atoms with Gasteiger partial charge in [0.05, 0.1) is 12.3 Å². The van der Waals surface area contributed by atoms with E-state index in [1.165, 1.54) is 6.07 Å². The van der Waals surface area contributed by atoms with Crippen molar-refractivity contribution in [2.24, 2.45) is 0 Å². The third kappa shape index (κ3) is 1.14. The molecule has 0 radical (unpaired) electrons. The largest absolute Gasteiger partial charge is 0.455 e. The molecule has 1 aromatic heterocycles. The Labute approximate surface area is 111 Å². The predicted molar refractivity (Wildman–Crippen MR) is 71.2 cm³/mol. The minimum atomic E-state index is -0.506. The number of furan rings is 1. The molecular formula is C16H10O. The van der Waals surface area contributed by atoms with E-state index in [4.69, 9.17) is 16.8 Å². The van der Waals surface area contributed by atoms with E-state index in [2.05, 4.69) is 0 Å². The molecule has 3 aromatic carbocycles. The molecular weight excluding hydrogens is 208 g/mol. The maximum Gasteiger partial charge on any atom is 0.143 e. The van der Waals surface area contributed by atoms with Gasteiger partial charge in [0.2, 0.25) is 0 Å². The Bertz CT molecular complexity index is 1270. The highest BCUT2D eigenvalue weighted by Gasteiger charge is 2.08. The number of hydrogen-bond acceptors (Lipinski definition) is 1. The molecule has 4 aromatic rings. The van der Waals surface area contributed by atoms with E-state index >= 15 is 0 Å². The van der Waals surface area contributed by atoms with Crippen LogP contribution in [0.2, 0.25) is 0 Å². The maximum atomic E-state index is 8.29. The summed E-state index contributed by atoms with van der Waals surface area (Å²) in [5.74, 6) is 0. The highest BCUT2D eigenvalue weighted by atomic mass is 16.3. The topological polar surface area (TPSA) is 13.1 Å². The number of benzene rings is 3. The average Bonchev–Trinajstić information content (AvgIpc) is 2.98. The van der Waals surface area contributed by atoms with Crippen molar-refractivity contribution >= 4 is 32.7 Å². The Hall–Kier alpha value is -2.28. The first-order chi connectivity index (χ1) is 12.2. The highest BCUT2D eigenvalue weighted by molar-refractivity contribution is 6.14. The van der Waals surface area contributed by atoms with Gasteiger partial charge in [0.1, 0.15) is 11.2 Å². The Balaban J connectivity index is 2.43. The molecule has 4 rings (SSSR count). The van der Waals surface area contributed by atoms with Crippen LogP contribution in [0.25, 0.3) is 32.7 Å². The summed E-state index contributed by atoms with van der Waals surface area (Å²) < 4.78 is 77.6. The summed E-state index contributed by atoms with van der Waals surface area (Å²) in [6.45, 7) is 0. The Morgan fingerprint density at radius 3 is 2.65 bits per heavy atom. The van der Waals surface area contributed by atoms with E-state index in [0.717, 1.165) is 0 Å². The lowest BCUT2D eigenvalue weighted by molar-refractivity contribution is 0.672. The second-order valence-corrected chi connectivity index (χ2v) is 3.59. The first-order valence-corrected chi connectivity index (χ1v) is 4.99. The molecule has 80 valence electrons. The second kappa shape index (κ2) is 3.11. The van der Waals surface area contributed by atoms with Gasteiger partial charge in [-0.1, -0.05) is 48.4 Å². The Morgan fingerprint density at radius 2 is 1.65 bits per heavy atom. The smallest absolute Gasteiger partial charge is 0.143 e. The molecule has 1 heteroatoms. The van der Waals surface area contributed by atoms with Crippen molar-refractivity contribution in [2.45, 2.75) is 0 Å². The lowest BCUT2D eigenvalue weighted by atomic mass is 10.1. The van der Waals surface area contributed by atoms with Crippen LogP contribution in [0.1, 0.15) is 12.3 Å². The van der Waals surface area contributed by atoms with Gasteiger partial charge in [-0.3, -0.25) is 0 Å². The normalized spacial score (nSPS) is 18.9. The van der Waals surface area contributed by atoms with Crippen LogP contribution >= 0.6 is 0 Å². The van der Waals surface area contributed by atoms with E-state index in [9.17, 15) is 0 Å². The number of rotatable bonds is 0. The molecule has 17 heavy (non-hydrogen) atoms. The number of hydrogen-bond donors (Lipinski definition) is 0. The second-order valence-electron chi connectivity index (χ2n) is 3.59. The summed E-state index contributed by atoms with van der Waals surface area (Å²) in [6, 6.07) is -2.17. The minimum absolute atomic E-state index is 0.0403. The van der Waals surface area contributed by atoms with Gasteiger partial charge in [0.25, 0.3) is 0 Å².